The Morgan fingerprint density at radius 2 is 2.27 bits per heavy atom. The molecule has 3 N–H and O–H groups in total. The Morgan fingerprint density at radius 1 is 1.45 bits per heavy atom. The lowest BCUT2D eigenvalue weighted by Gasteiger charge is -2.00. The van der Waals surface area contributed by atoms with Crippen molar-refractivity contribution in [2.75, 3.05) is 18.4 Å². The lowest BCUT2D eigenvalue weighted by atomic mass is 10.5. The predicted molar refractivity (Wildman–Crippen MR) is 52.3 cm³/mol. The van der Waals surface area contributed by atoms with E-state index in [1.807, 2.05) is 12.1 Å². The van der Waals surface area contributed by atoms with E-state index in [2.05, 4.69) is 38.1 Å². The minimum atomic E-state index is 0.605. The third-order valence-corrected chi connectivity index (χ3v) is 1.66. The zero-order chi connectivity index (χ0) is 8.10. The van der Waals surface area contributed by atoms with Crippen LogP contribution in [0.3, 0.4) is 0 Å². The molecule has 11 heavy (non-hydrogen) atoms. The number of hydrogen-bond donors (Lipinski definition) is 2. The van der Waals surface area contributed by atoms with E-state index in [1.165, 1.54) is 0 Å². The van der Waals surface area contributed by atoms with Gasteiger partial charge < -0.3 is 11.1 Å². The van der Waals surface area contributed by atoms with Crippen molar-refractivity contribution in [1.29, 1.82) is 0 Å². The Kier molecular flexibility index (Phi) is 3.50. The van der Waals surface area contributed by atoms with Crippen LogP contribution in [0.4, 0.5) is 5.82 Å². The van der Waals surface area contributed by atoms with Gasteiger partial charge in [-0.3, -0.25) is 0 Å². The molecule has 1 heterocycles. The van der Waals surface area contributed by atoms with Gasteiger partial charge in [-0.1, -0.05) is 0 Å². The summed E-state index contributed by atoms with van der Waals surface area (Å²) in [5.41, 5.74) is 5.29. The summed E-state index contributed by atoms with van der Waals surface area (Å²) in [5.74, 6) is 0.774. The van der Waals surface area contributed by atoms with Crippen molar-refractivity contribution >= 4 is 28.4 Å². The molecule has 1 rings (SSSR count). The number of hydrogen-bond acceptors (Lipinski definition) is 4. The average Bonchev–Trinajstić information content (AvgIpc) is 2.04. The maximum Gasteiger partial charge on any atom is 0.148 e. The van der Waals surface area contributed by atoms with Crippen molar-refractivity contribution in [2.45, 2.75) is 0 Å². The maximum atomic E-state index is 5.29. The second-order valence-electron chi connectivity index (χ2n) is 1.96. The van der Waals surface area contributed by atoms with Gasteiger partial charge in [0.25, 0.3) is 0 Å². The summed E-state index contributed by atoms with van der Waals surface area (Å²) in [4.78, 5) is 0. The van der Waals surface area contributed by atoms with E-state index in [0.717, 1.165) is 16.1 Å². The fraction of sp³-hybridized carbons (Fsp3) is 0.333. The molecule has 0 atom stereocenters. The number of rotatable bonds is 3. The number of nitrogens with two attached hydrogens (primary N) is 1. The van der Waals surface area contributed by atoms with E-state index in [4.69, 9.17) is 5.73 Å². The van der Waals surface area contributed by atoms with Gasteiger partial charge in [0, 0.05) is 13.1 Å². The molecule has 0 unspecified atom stereocenters. The molecule has 5 heteroatoms. The molecule has 0 radical (unpaired) electrons. The first kappa shape index (κ1) is 8.66. The van der Waals surface area contributed by atoms with Crippen molar-refractivity contribution in [3.63, 3.8) is 0 Å². The summed E-state index contributed by atoms with van der Waals surface area (Å²) in [6.45, 7) is 1.34. The van der Waals surface area contributed by atoms with Crippen LogP contribution in [0.1, 0.15) is 0 Å². The molecule has 0 aliphatic rings. The molecule has 1 aromatic heterocycles. The summed E-state index contributed by atoms with van der Waals surface area (Å²) in [5, 5.41) is 10.8. The lowest BCUT2D eigenvalue weighted by Crippen LogP contribution is -2.14. The van der Waals surface area contributed by atoms with Crippen LogP contribution in [0.5, 0.6) is 0 Å². The van der Waals surface area contributed by atoms with E-state index < -0.39 is 0 Å². The average molecular weight is 264 g/mol. The number of halogens is 1. The van der Waals surface area contributed by atoms with Crippen molar-refractivity contribution in [3.8, 4) is 0 Å². The van der Waals surface area contributed by atoms with Gasteiger partial charge in [-0.15, -0.1) is 10.2 Å². The molecule has 0 saturated heterocycles. The summed E-state index contributed by atoms with van der Waals surface area (Å²) in [7, 11) is 0. The molecule has 0 bridgehead atoms. The maximum absolute atomic E-state index is 5.29. The highest BCUT2D eigenvalue weighted by atomic mass is 127. The highest BCUT2D eigenvalue weighted by molar-refractivity contribution is 14.1. The van der Waals surface area contributed by atoms with E-state index in [-0.39, 0.29) is 0 Å². The van der Waals surface area contributed by atoms with Crippen LogP contribution in [-0.2, 0) is 0 Å². The third kappa shape index (κ3) is 2.98. The topological polar surface area (TPSA) is 63.8 Å². The SMILES string of the molecule is NCCNc1ccc(I)nn1. The van der Waals surface area contributed by atoms with Gasteiger partial charge >= 0.3 is 0 Å². The van der Waals surface area contributed by atoms with Crippen molar-refractivity contribution < 1.29 is 0 Å². The Balaban J connectivity index is 2.52. The molecule has 0 fully saturated rings. The van der Waals surface area contributed by atoms with Gasteiger partial charge in [-0.25, -0.2) is 0 Å². The molecule has 0 spiro atoms. The molecule has 0 aliphatic carbocycles. The van der Waals surface area contributed by atoms with Crippen LogP contribution in [0, 0.1) is 3.70 Å². The Hall–Kier alpha value is -0.430. The number of anilines is 1. The quantitative estimate of drug-likeness (QED) is 0.778. The molecule has 4 nitrogen and oxygen atoms in total. The van der Waals surface area contributed by atoms with Crippen LogP contribution in [-0.4, -0.2) is 23.3 Å². The van der Waals surface area contributed by atoms with Gasteiger partial charge in [-0.05, 0) is 34.7 Å². The zero-order valence-corrected chi connectivity index (χ0v) is 8.08. The van der Waals surface area contributed by atoms with E-state index in [1.54, 1.807) is 0 Å². The normalized spacial score (nSPS) is 9.64. The van der Waals surface area contributed by atoms with Gasteiger partial charge in [0.1, 0.15) is 9.52 Å². The zero-order valence-electron chi connectivity index (χ0n) is 5.92. The summed E-state index contributed by atoms with van der Waals surface area (Å²) < 4.78 is 0.890. The summed E-state index contributed by atoms with van der Waals surface area (Å²) in [6, 6.07) is 3.77. The molecular weight excluding hydrogens is 255 g/mol. The Bertz CT molecular complexity index is 210. The molecular formula is C6H9IN4. The first-order chi connectivity index (χ1) is 5.33. The second-order valence-corrected chi connectivity index (χ2v) is 3.06. The molecule has 60 valence electrons. The minimum Gasteiger partial charge on any atom is -0.367 e. The van der Waals surface area contributed by atoms with Gasteiger partial charge in [0.05, 0.1) is 0 Å². The minimum absolute atomic E-state index is 0.605. The highest BCUT2D eigenvalue weighted by Gasteiger charge is 1.91. The van der Waals surface area contributed by atoms with Gasteiger partial charge in [0.2, 0.25) is 0 Å². The largest absolute Gasteiger partial charge is 0.367 e. The highest BCUT2D eigenvalue weighted by Crippen LogP contribution is 2.02. The van der Waals surface area contributed by atoms with Gasteiger partial charge in [0.15, 0.2) is 0 Å². The van der Waals surface area contributed by atoms with Crippen LogP contribution >= 0.6 is 22.6 Å². The van der Waals surface area contributed by atoms with Crippen LogP contribution in [0.25, 0.3) is 0 Å². The standard InChI is InChI=1S/C6H9IN4/c7-5-1-2-6(11-10-5)9-4-3-8/h1-2H,3-4,8H2,(H,9,11). The lowest BCUT2D eigenvalue weighted by molar-refractivity contribution is 0.958. The number of nitrogens with zero attached hydrogens (tertiary/aromatic N) is 2. The third-order valence-electron chi connectivity index (χ3n) is 1.08. The van der Waals surface area contributed by atoms with Crippen molar-refractivity contribution in [2.24, 2.45) is 5.73 Å². The Labute approximate surface area is 78.7 Å². The molecule has 0 saturated carbocycles. The van der Waals surface area contributed by atoms with Crippen molar-refractivity contribution in [3.05, 3.63) is 15.8 Å². The van der Waals surface area contributed by atoms with E-state index in [9.17, 15) is 0 Å². The molecule has 1 aromatic rings. The summed E-state index contributed by atoms with van der Waals surface area (Å²) in [6.07, 6.45) is 0. The number of aromatic nitrogens is 2. The van der Waals surface area contributed by atoms with Crippen LogP contribution < -0.4 is 11.1 Å². The molecule has 0 amide bonds. The fourth-order valence-electron chi connectivity index (χ4n) is 0.611. The van der Waals surface area contributed by atoms with Crippen molar-refractivity contribution in [1.82, 2.24) is 10.2 Å². The fourth-order valence-corrected chi connectivity index (χ4v) is 0.898. The second kappa shape index (κ2) is 4.45. The first-order valence-corrected chi connectivity index (χ1v) is 4.34. The number of nitrogens with one attached hydrogen (secondary N) is 1. The molecule has 0 aliphatic heterocycles. The van der Waals surface area contributed by atoms with E-state index in [0.29, 0.717) is 6.54 Å². The van der Waals surface area contributed by atoms with Crippen LogP contribution in [0.15, 0.2) is 12.1 Å². The first-order valence-electron chi connectivity index (χ1n) is 3.26. The Morgan fingerprint density at radius 3 is 2.82 bits per heavy atom. The monoisotopic (exact) mass is 264 g/mol. The predicted octanol–water partition coefficient (Wildman–Crippen LogP) is 0.452. The smallest absolute Gasteiger partial charge is 0.148 e. The van der Waals surface area contributed by atoms with Crippen LogP contribution in [0.2, 0.25) is 0 Å². The summed E-state index contributed by atoms with van der Waals surface area (Å²) >= 11 is 2.11. The van der Waals surface area contributed by atoms with Gasteiger partial charge in [-0.2, -0.15) is 0 Å². The van der Waals surface area contributed by atoms with E-state index >= 15 is 0 Å². The molecule has 0 aromatic carbocycles.